The van der Waals surface area contributed by atoms with Crippen LogP contribution in [0, 0.1) is 6.92 Å². The summed E-state index contributed by atoms with van der Waals surface area (Å²) in [6.07, 6.45) is 3.19. The molecule has 0 saturated heterocycles. The molecule has 3 rings (SSSR count). The number of aromatic nitrogens is 4. The minimum Gasteiger partial charge on any atom is -0.465 e. The zero-order valence-corrected chi connectivity index (χ0v) is 19.2. The third-order valence-corrected chi connectivity index (χ3v) is 7.07. The van der Waals surface area contributed by atoms with E-state index in [1.54, 1.807) is 6.20 Å². The molecule has 30 heavy (non-hydrogen) atoms. The lowest BCUT2D eigenvalue weighted by Gasteiger charge is -2.17. The molecule has 0 bridgehead atoms. The van der Waals surface area contributed by atoms with Crippen LogP contribution in [-0.2, 0) is 11.5 Å². The Hall–Kier alpha value is -2.46. The van der Waals surface area contributed by atoms with E-state index in [1.165, 1.54) is 0 Å². The summed E-state index contributed by atoms with van der Waals surface area (Å²) in [4.78, 5) is 11.0. The van der Waals surface area contributed by atoms with E-state index >= 15 is 0 Å². The van der Waals surface area contributed by atoms with Gasteiger partial charge in [0.1, 0.15) is 6.73 Å². The molecule has 0 aliphatic heterocycles. The predicted octanol–water partition coefficient (Wildman–Crippen LogP) is 3.94. The molecule has 1 aliphatic rings. The number of rotatable bonds is 9. The topological polar surface area (TPSA) is 114 Å². The SMILES string of the molecule is Cc1nnccc1Nc1cc([C@H]2CCC(NC(=O)O)C2)n(COCC[Si](C)(C)C)n1. The van der Waals surface area contributed by atoms with Crippen LogP contribution in [0.2, 0.25) is 25.7 Å². The Morgan fingerprint density at radius 1 is 1.37 bits per heavy atom. The first-order valence-electron chi connectivity index (χ1n) is 10.4. The fourth-order valence-electron chi connectivity index (χ4n) is 3.68. The molecule has 3 N–H and O–H groups in total. The van der Waals surface area contributed by atoms with E-state index in [4.69, 9.17) is 14.9 Å². The number of nitrogens with one attached hydrogen (secondary N) is 2. The maximum Gasteiger partial charge on any atom is 0.404 e. The van der Waals surface area contributed by atoms with Crippen LogP contribution in [0.15, 0.2) is 18.3 Å². The minimum atomic E-state index is -1.16. The van der Waals surface area contributed by atoms with Crippen LogP contribution in [0.25, 0.3) is 0 Å². The van der Waals surface area contributed by atoms with Gasteiger partial charge in [0.25, 0.3) is 0 Å². The number of anilines is 2. The summed E-state index contributed by atoms with van der Waals surface area (Å²) in [6, 6.07) is 4.99. The average molecular weight is 433 g/mol. The molecule has 0 radical (unpaired) electrons. The Morgan fingerprint density at radius 2 is 2.17 bits per heavy atom. The van der Waals surface area contributed by atoms with Gasteiger partial charge in [-0.3, -0.25) is 0 Å². The quantitative estimate of drug-likeness (QED) is 0.406. The minimum absolute atomic E-state index is 0.0216. The molecule has 1 fully saturated rings. The summed E-state index contributed by atoms with van der Waals surface area (Å²) in [6.45, 7) is 10.00. The van der Waals surface area contributed by atoms with Gasteiger partial charge in [0, 0.05) is 38.4 Å². The molecule has 2 atom stereocenters. The second-order valence-corrected chi connectivity index (χ2v) is 14.7. The molecule has 1 unspecified atom stereocenters. The van der Waals surface area contributed by atoms with Crippen LogP contribution in [0.1, 0.15) is 36.6 Å². The largest absolute Gasteiger partial charge is 0.465 e. The monoisotopic (exact) mass is 432 g/mol. The van der Waals surface area contributed by atoms with Gasteiger partial charge in [-0.25, -0.2) is 9.48 Å². The highest BCUT2D eigenvalue weighted by atomic mass is 28.3. The van der Waals surface area contributed by atoms with Crippen molar-refractivity contribution in [3.63, 3.8) is 0 Å². The second kappa shape index (κ2) is 9.56. The first-order chi connectivity index (χ1) is 14.2. The van der Waals surface area contributed by atoms with Crippen molar-refractivity contribution in [1.29, 1.82) is 0 Å². The summed E-state index contributed by atoms with van der Waals surface area (Å²) in [5, 5.41) is 27.6. The van der Waals surface area contributed by atoms with E-state index in [0.29, 0.717) is 6.73 Å². The lowest BCUT2D eigenvalue weighted by molar-refractivity contribution is 0.0758. The van der Waals surface area contributed by atoms with Crippen LogP contribution < -0.4 is 10.6 Å². The highest BCUT2D eigenvalue weighted by Crippen LogP contribution is 2.36. The van der Waals surface area contributed by atoms with E-state index in [1.807, 2.05) is 23.7 Å². The Kier molecular flexibility index (Phi) is 7.09. The smallest absolute Gasteiger partial charge is 0.404 e. The molecule has 2 heterocycles. The normalized spacial score (nSPS) is 19.1. The Balaban J connectivity index is 1.74. The number of amides is 1. The van der Waals surface area contributed by atoms with Gasteiger partial charge in [-0.2, -0.15) is 15.3 Å². The van der Waals surface area contributed by atoms with E-state index < -0.39 is 14.2 Å². The zero-order valence-electron chi connectivity index (χ0n) is 18.2. The molecule has 2 aromatic rings. The van der Waals surface area contributed by atoms with Gasteiger partial charge in [-0.05, 0) is 38.3 Å². The molecule has 1 saturated carbocycles. The highest BCUT2D eigenvalue weighted by molar-refractivity contribution is 6.76. The lowest BCUT2D eigenvalue weighted by atomic mass is 10.0. The number of ether oxygens (including phenoxy) is 1. The fraction of sp³-hybridized carbons (Fsp3) is 0.600. The standard InChI is InChI=1S/C20H32N6O3Si/c1-14-17(7-8-21-24-14)23-19-12-18(15-5-6-16(11-15)22-20(27)28)26(25-19)13-29-9-10-30(2,3)4/h7-8,12,15-16,22H,5-6,9-11,13H2,1-4H3,(H,27,28)(H,21,23,25)/t15-,16?/m0/s1. The molecule has 1 aliphatic carbocycles. The van der Waals surface area contributed by atoms with Crippen LogP contribution in [0.3, 0.4) is 0 Å². The summed E-state index contributed by atoms with van der Waals surface area (Å²) in [5.41, 5.74) is 2.73. The van der Waals surface area contributed by atoms with Crippen molar-refractivity contribution < 1.29 is 14.6 Å². The number of hydrogen-bond donors (Lipinski definition) is 3. The summed E-state index contributed by atoms with van der Waals surface area (Å²) < 4.78 is 7.86. The van der Waals surface area contributed by atoms with Crippen molar-refractivity contribution in [1.82, 2.24) is 25.3 Å². The van der Waals surface area contributed by atoms with Crippen molar-refractivity contribution in [2.75, 3.05) is 11.9 Å². The Morgan fingerprint density at radius 3 is 2.87 bits per heavy atom. The summed E-state index contributed by atoms with van der Waals surface area (Å²) >= 11 is 0. The van der Waals surface area contributed by atoms with E-state index in [9.17, 15) is 4.79 Å². The zero-order chi connectivity index (χ0) is 21.7. The molecule has 1 amide bonds. The van der Waals surface area contributed by atoms with Gasteiger partial charge in [0.2, 0.25) is 0 Å². The van der Waals surface area contributed by atoms with Gasteiger partial charge in [-0.1, -0.05) is 19.6 Å². The van der Waals surface area contributed by atoms with Crippen LogP contribution in [0.4, 0.5) is 16.3 Å². The number of nitrogens with zero attached hydrogens (tertiary/aromatic N) is 4. The molecule has 0 spiro atoms. The van der Waals surface area contributed by atoms with Crippen LogP contribution in [0.5, 0.6) is 0 Å². The highest BCUT2D eigenvalue weighted by Gasteiger charge is 2.30. The van der Waals surface area contributed by atoms with E-state index in [0.717, 1.165) is 54.8 Å². The first kappa shape index (κ1) is 22.2. The third kappa shape index (κ3) is 6.27. The van der Waals surface area contributed by atoms with E-state index in [2.05, 4.69) is 40.5 Å². The molecule has 164 valence electrons. The Labute approximate surface area is 178 Å². The van der Waals surface area contributed by atoms with Gasteiger partial charge in [-0.15, -0.1) is 0 Å². The number of carbonyl (C=O) groups is 1. The fourth-order valence-corrected chi connectivity index (χ4v) is 4.44. The maximum absolute atomic E-state index is 11.0. The molecule has 10 heteroatoms. The number of carboxylic acid groups (broad SMARTS) is 1. The van der Waals surface area contributed by atoms with Crippen molar-refractivity contribution in [3.05, 3.63) is 29.7 Å². The predicted molar refractivity (Wildman–Crippen MR) is 118 cm³/mol. The van der Waals surface area contributed by atoms with Gasteiger partial charge < -0.3 is 20.5 Å². The number of aryl methyl sites for hydroxylation is 1. The second-order valence-electron chi connectivity index (χ2n) is 9.11. The number of hydrogen-bond acceptors (Lipinski definition) is 6. The average Bonchev–Trinajstić information content (AvgIpc) is 3.26. The van der Waals surface area contributed by atoms with Crippen molar-refractivity contribution in [3.8, 4) is 0 Å². The summed E-state index contributed by atoms with van der Waals surface area (Å²) in [5.74, 6) is 0.965. The molecule has 0 aromatic carbocycles. The molecular formula is C20H32N6O3Si. The van der Waals surface area contributed by atoms with Crippen LogP contribution >= 0.6 is 0 Å². The first-order valence-corrected chi connectivity index (χ1v) is 14.1. The molecule has 9 nitrogen and oxygen atoms in total. The van der Waals surface area contributed by atoms with Gasteiger partial charge in [0.05, 0.1) is 17.6 Å². The maximum atomic E-state index is 11.0. The van der Waals surface area contributed by atoms with Gasteiger partial charge >= 0.3 is 6.09 Å². The lowest BCUT2D eigenvalue weighted by Crippen LogP contribution is -2.31. The Bertz CT molecular complexity index is 866. The van der Waals surface area contributed by atoms with Gasteiger partial charge in [0.15, 0.2) is 5.82 Å². The molecular weight excluding hydrogens is 400 g/mol. The summed E-state index contributed by atoms with van der Waals surface area (Å²) in [7, 11) is -1.16. The van der Waals surface area contributed by atoms with Crippen LogP contribution in [-0.4, -0.2) is 51.9 Å². The van der Waals surface area contributed by atoms with Crippen molar-refractivity contribution in [2.24, 2.45) is 0 Å². The van der Waals surface area contributed by atoms with Crippen molar-refractivity contribution >= 4 is 25.7 Å². The third-order valence-electron chi connectivity index (χ3n) is 5.37. The van der Waals surface area contributed by atoms with E-state index in [-0.39, 0.29) is 12.0 Å². The van der Waals surface area contributed by atoms with Crippen molar-refractivity contribution in [2.45, 2.75) is 70.6 Å². The molecule has 2 aromatic heterocycles.